The molecule has 116 valence electrons. The van der Waals surface area contributed by atoms with Crippen LogP contribution in [0.2, 0.25) is 0 Å². The Hall–Kier alpha value is -1.89. The molecule has 2 aliphatic rings. The lowest BCUT2D eigenvalue weighted by Gasteiger charge is -2.36. The van der Waals surface area contributed by atoms with Crippen molar-refractivity contribution in [3.8, 4) is 0 Å². The number of hydrogen-bond donors (Lipinski definition) is 1. The molecule has 0 aromatic heterocycles. The predicted molar refractivity (Wildman–Crippen MR) is 95.1 cm³/mol. The summed E-state index contributed by atoms with van der Waals surface area (Å²) in [5.74, 6) is -0.920. The maximum absolute atomic E-state index is 13.0. The fourth-order valence-electron chi connectivity index (χ4n) is 3.78. The first-order chi connectivity index (χ1) is 11.0. The average Bonchev–Trinajstić information content (AvgIpc) is 2.81. The number of amides is 1. The molecule has 0 bridgehead atoms. The van der Waals surface area contributed by atoms with Crippen LogP contribution in [0.3, 0.4) is 0 Å². The van der Waals surface area contributed by atoms with Crippen molar-refractivity contribution in [1.82, 2.24) is 0 Å². The molecule has 2 atom stereocenters. The van der Waals surface area contributed by atoms with Crippen molar-refractivity contribution in [2.24, 2.45) is 0 Å². The SMILES string of the molecule is CC1CC2c3cccc(C(=O)O)c3C(=O)N2c2ccc(I)cc21. The summed E-state index contributed by atoms with van der Waals surface area (Å²) in [7, 11) is 0. The van der Waals surface area contributed by atoms with E-state index >= 15 is 0 Å². The lowest BCUT2D eigenvalue weighted by atomic mass is 9.85. The highest BCUT2D eigenvalue weighted by atomic mass is 127. The number of halogens is 1. The van der Waals surface area contributed by atoms with Crippen LogP contribution in [0.1, 0.15) is 57.1 Å². The molecule has 1 N–H and O–H groups in total. The normalized spacial score (nSPS) is 21.7. The van der Waals surface area contributed by atoms with E-state index in [9.17, 15) is 14.7 Å². The van der Waals surface area contributed by atoms with Gasteiger partial charge in [-0.3, -0.25) is 4.79 Å². The number of carboxylic acid groups (broad SMARTS) is 1. The molecule has 0 spiro atoms. The molecule has 23 heavy (non-hydrogen) atoms. The molecule has 0 aliphatic carbocycles. The zero-order valence-electron chi connectivity index (χ0n) is 12.4. The van der Waals surface area contributed by atoms with Crippen LogP contribution in [-0.2, 0) is 0 Å². The Morgan fingerprint density at radius 1 is 1.26 bits per heavy atom. The van der Waals surface area contributed by atoms with Crippen LogP contribution in [0.4, 0.5) is 5.69 Å². The second-order valence-corrected chi connectivity index (χ2v) is 7.35. The molecule has 0 fully saturated rings. The van der Waals surface area contributed by atoms with Crippen LogP contribution in [0.5, 0.6) is 0 Å². The third kappa shape index (κ3) is 2.02. The van der Waals surface area contributed by atoms with Crippen molar-refractivity contribution in [3.63, 3.8) is 0 Å². The summed E-state index contributed by atoms with van der Waals surface area (Å²) >= 11 is 2.27. The lowest BCUT2D eigenvalue weighted by molar-refractivity contribution is 0.0692. The summed E-state index contributed by atoms with van der Waals surface area (Å²) < 4.78 is 1.14. The van der Waals surface area contributed by atoms with Gasteiger partial charge in [-0.1, -0.05) is 19.1 Å². The van der Waals surface area contributed by atoms with E-state index in [-0.39, 0.29) is 17.5 Å². The quantitative estimate of drug-likeness (QED) is 0.706. The highest BCUT2D eigenvalue weighted by molar-refractivity contribution is 14.1. The molecule has 0 saturated heterocycles. The number of aromatic carboxylic acids is 1. The van der Waals surface area contributed by atoms with Crippen molar-refractivity contribution in [1.29, 1.82) is 0 Å². The van der Waals surface area contributed by atoms with E-state index in [4.69, 9.17) is 0 Å². The van der Waals surface area contributed by atoms with Crippen molar-refractivity contribution in [3.05, 3.63) is 62.2 Å². The molecule has 5 heteroatoms. The standard InChI is InChI=1S/C18H14INO3/c1-9-7-15-11-3-2-4-12(18(22)23)16(11)17(21)20(15)14-6-5-10(19)8-13(9)14/h2-6,8-9,15H,7H2,1H3,(H,22,23). The first-order valence-electron chi connectivity index (χ1n) is 7.48. The van der Waals surface area contributed by atoms with Crippen LogP contribution in [0.25, 0.3) is 0 Å². The van der Waals surface area contributed by atoms with Gasteiger partial charge in [0.05, 0.1) is 17.2 Å². The molecular weight excluding hydrogens is 405 g/mol. The minimum atomic E-state index is -1.05. The Bertz CT molecular complexity index is 861. The number of rotatable bonds is 1. The molecule has 4 rings (SSSR count). The molecule has 2 aliphatic heterocycles. The summed E-state index contributed by atoms with van der Waals surface area (Å²) in [5.41, 5.74) is 3.36. The number of carbonyl (C=O) groups is 2. The van der Waals surface area contributed by atoms with E-state index in [1.807, 2.05) is 18.2 Å². The largest absolute Gasteiger partial charge is 0.478 e. The Labute approximate surface area is 147 Å². The van der Waals surface area contributed by atoms with Gasteiger partial charge >= 0.3 is 5.97 Å². The fourth-order valence-corrected chi connectivity index (χ4v) is 4.29. The van der Waals surface area contributed by atoms with Crippen molar-refractivity contribution < 1.29 is 14.7 Å². The van der Waals surface area contributed by atoms with E-state index in [0.717, 1.165) is 26.8 Å². The van der Waals surface area contributed by atoms with Gasteiger partial charge in [0.15, 0.2) is 0 Å². The molecule has 0 saturated carbocycles. The predicted octanol–water partition coefficient (Wildman–Crippen LogP) is 4.20. The van der Waals surface area contributed by atoms with E-state index in [2.05, 4.69) is 35.6 Å². The summed E-state index contributed by atoms with van der Waals surface area (Å²) in [6, 6.07) is 11.1. The summed E-state index contributed by atoms with van der Waals surface area (Å²) in [4.78, 5) is 26.2. The van der Waals surface area contributed by atoms with Gasteiger partial charge in [-0.05, 0) is 70.3 Å². The molecule has 1 amide bonds. The van der Waals surface area contributed by atoms with E-state index < -0.39 is 5.97 Å². The van der Waals surface area contributed by atoms with E-state index in [0.29, 0.717) is 11.5 Å². The maximum Gasteiger partial charge on any atom is 0.336 e. The Balaban J connectivity index is 1.94. The van der Waals surface area contributed by atoms with E-state index in [1.165, 1.54) is 6.07 Å². The fraction of sp³-hybridized carbons (Fsp3) is 0.222. The van der Waals surface area contributed by atoms with Crippen molar-refractivity contribution in [2.45, 2.75) is 25.3 Å². The van der Waals surface area contributed by atoms with Gasteiger partial charge in [-0.2, -0.15) is 0 Å². The molecule has 0 radical (unpaired) electrons. The van der Waals surface area contributed by atoms with Crippen LogP contribution in [0.15, 0.2) is 36.4 Å². The third-order valence-electron chi connectivity index (χ3n) is 4.79. The molecule has 2 heterocycles. The zero-order chi connectivity index (χ0) is 16.3. The Morgan fingerprint density at radius 2 is 2.04 bits per heavy atom. The van der Waals surface area contributed by atoms with Gasteiger partial charge in [-0.15, -0.1) is 0 Å². The minimum Gasteiger partial charge on any atom is -0.478 e. The van der Waals surface area contributed by atoms with Gasteiger partial charge < -0.3 is 10.0 Å². The third-order valence-corrected chi connectivity index (χ3v) is 5.46. The number of anilines is 1. The molecule has 2 unspecified atom stereocenters. The number of hydrogen-bond acceptors (Lipinski definition) is 2. The Morgan fingerprint density at radius 3 is 2.78 bits per heavy atom. The van der Waals surface area contributed by atoms with Crippen LogP contribution >= 0.6 is 22.6 Å². The second kappa shape index (κ2) is 5.06. The maximum atomic E-state index is 13.0. The topological polar surface area (TPSA) is 57.6 Å². The van der Waals surface area contributed by atoms with Gasteiger partial charge in [0, 0.05) is 9.26 Å². The average molecular weight is 419 g/mol. The van der Waals surface area contributed by atoms with Crippen LogP contribution in [-0.4, -0.2) is 17.0 Å². The van der Waals surface area contributed by atoms with Gasteiger partial charge in [0.1, 0.15) is 0 Å². The van der Waals surface area contributed by atoms with Crippen LogP contribution in [0, 0.1) is 3.57 Å². The minimum absolute atomic E-state index is 0.0700. The number of nitrogens with zero attached hydrogens (tertiary/aromatic N) is 1. The molecule has 2 aromatic rings. The van der Waals surface area contributed by atoms with Crippen molar-refractivity contribution in [2.75, 3.05) is 4.90 Å². The smallest absolute Gasteiger partial charge is 0.336 e. The summed E-state index contributed by atoms with van der Waals surface area (Å²) in [5, 5.41) is 9.41. The number of carbonyl (C=O) groups excluding carboxylic acids is 1. The first-order valence-corrected chi connectivity index (χ1v) is 8.56. The number of fused-ring (bicyclic) bond motifs is 5. The molecule has 4 nitrogen and oxygen atoms in total. The van der Waals surface area contributed by atoms with Gasteiger partial charge in [0.25, 0.3) is 5.91 Å². The monoisotopic (exact) mass is 419 g/mol. The van der Waals surface area contributed by atoms with Gasteiger partial charge in [0.2, 0.25) is 0 Å². The van der Waals surface area contributed by atoms with Crippen LogP contribution < -0.4 is 4.90 Å². The number of benzene rings is 2. The first kappa shape index (κ1) is 14.7. The van der Waals surface area contributed by atoms with Crippen molar-refractivity contribution >= 4 is 40.2 Å². The zero-order valence-corrected chi connectivity index (χ0v) is 14.6. The molecular formula is C18H14INO3. The lowest BCUT2D eigenvalue weighted by Crippen LogP contribution is -2.33. The second-order valence-electron chi connectivity index (χ2n) is 6.11. The van der Waals surface area contributed by atoms with E-state index in [1.54, 1.807) is 11.0 Å². The van der Waals surface area contributed by atoms with Gasteiger partial charge in [-0.25, -0.2) is 4.79 Å². The molecule has 2 aromatic carbocycles. The Kier molecular flexibility index (Phi) is 3.23. The highest BCUT2D eigenvalue weighted by Gasteiger charge is 2.44. The number of carboxylic acids is 1. The summed E-state index contributed by atoms with van der Waals surface area (Å²) in [6.45, 7) is 2.16. The highest BCUT2D eigenvalue weighted by Crippen LogP contribution is 2.50. The summed E-state index contributed by atoms with van der Waals surface area (Å²) in [6.07, 6.45) is 0.814.